The number of benzene rings is 1. The molecule has 0 aromatic heterocycles. The highest BCUT2D eigenvalue weighted by Gasteiger charge is 2.30. The van der Waals surface area contributed by atoms with Crippen molar-refractivity contribution in [3.8, 4) is 0 Å². The van der Waals surface area contributed by atoms with Crippen LogP contribution in [-0.4, -0.2) is 37.1 Å². The number of piperazine rings is 1. The molecule has 0 aliphatic carbocycles. The van der Waals surface area contributed by atoms with Crippen LogP contribution in [0.1, 0.15) is 18.4 Å². The molecule has 0 N–H and O–H groups in total. The van der Waals surface area contributed by atoms with E-state index in [2.05, 4.69) is 50.9 Å². The van der Waals surface area contributed by atoms with E-state index < -0.39 is 0 Å². The van der Waals surface area contributed by atoms with Crippen LogP contribution >= 0.6 is 15.9 Å². The van der Waals surface area contributed by atoms with Crippen molar-refractivity contribution in [1.82, 2.24) is 4.90 Å². The van der Waals surface area contributed by atoms with Crippen molar-refractivity contribution in [1.29, 1.82) is 0 Å². The van der Waals surface area contributed by atoms with Crippen LogP contribution in [0.25, 0.3) is 0 Å². The second-order valence-electron chi connectivity index (χ2n) is 5.21. The van der Waals surface area contributed by atoms with Gasteiger partial charge in [0.1, 0.15) is 0 Å². The number of nitrogens with zero attached hydrogens (tertiary/aromatic N) is 2. The van der Waals surface area contributed by atoms with Crippen molar-refractivity contribution >= 4 is 21.6 Å². The molecule has 2 aliphatic heterocycles. The predicted molar refractivity (Wildman–Crippen MR) is 75.7 cm³/mol. The second-order valence-corrected chi connectivity index (χ2v) is 6.12. The highest BCUT2D eigenvalue weighted by molar-refractivity contribution is 9.10. The van der Waals surface area contributed by atoms with Gasteiger partial charge < -0.3 is 4.90 Å². The predicted octanol–water partition coefficient (Wildman–Crippen LogP) is 3.04. The van der Waals surface area contributed by atoms with Crippen molar-refractivity contribution in [2.24, 2.45) is 0 Å². The highest BCUT2D eigenvalue weighted by atomic mass is 79.9. The van der Waals surface area contributed by atoms with Gasteiger partial charge in [-0.3, -0.25) is 4.90 Å². The first kappa shape index (κ1) is 11.5. The Labute approximate surface area is 112 Å². The van der Waals surface area contributed by atoms with Gasteiger partial charge in [-0.1, -0.05) is 22.0 Å². The van der Waals surface area contributed by atoms with Crippen LogP contribution in [-0.2, 0) is 0 Å². The smallest absolute Gasteiger partial charge is 0.0408 e. The first-order valence-electron chi connectivity index (χ1n) is 6.49. The molecule has 2 aliphatic rings. The monoisotopic (exact) mass is 294 g/mol. The number of fused-ring (bicyclic) bond motifs is 1. The van der Waals surface area contributed by atoms with Gasteiger partial charge >= 0.3 is 0 Å². The Morgan fingerprint density at radius 3 is 3.00 bits per heavy atom. The summed E-state index contributed by atoms with van der Waals surface area (Å²) < 4.78 is 1.19. The molecule has 1 unspecified atom stereocenters. The third-order valence-electron chi connectivity index (χ3n) is 4.10. The lowest BCUT2D eigenvalue weighted by Crippen LogP contribution is -2.50. The quantitative estimate of drug-likeness (QED) is 0.786. The topological polar surface area (TPSA) is 6.48 Å². The number of hydrogen-bond donors (Lipinski definition) is 0. The molecule has 1 aromatic carbocycles. The Hall–Kier alpha value is -0.540. The summed E-state index contributed by atoms with van der Waals surface area (Å²) in [6.45, 7) is 7.14. The molecule has 0 spiro atoms. The van der Waals surface area contributed by atoms with Crippen LogP contribution in [0.2, 0.25) is 0 Å². The van der Waals surface area contributed by atoms with E-state index in [1.165, 1.54) is 54.7 Å². The highest BCUT2D eigenvalue weighted by Crippen LogP contribution is 2.29. The van der Waals surface area contributed by atoms with Gasteiger partial charge in [0.25, 0.3) is 0 Å². The molecule has 2 fully saturated rings. The van der Waals surface area contributed by atoms with Crippen LogP contribution in [0, 0.1) is 6.92 Å². The van der Waals surface area contributed by atoms with E-state index in [4.69, 9.17) is 0 Å². The van der Waals surface area contributed by atoms with Crippen molar-refractivity contribution in [2.75, 3.05) is 31.1 Å². The third kappa shape index (κ3) is 2.23. The zero-order valence-corrected chi connectivity index (χ0v) is 11.9. The summed E-state index contributed by atoms with van der Waals surface area (Å²) in [5.74, 6) is 0. The number of halogens is 1. The molecule has 0 amide bonds. The van der Waals surface area contributed by atoms with Crippen molar-refractivity contribution in [3.05, 3.63) is 28.2 Å². The fourth-order valence-corrected chi connectivity index (χ4v) is 3.48. The van der Waals surface area contributed by atoms with Crippen LogP contribution < -0.4 is 4.90 Å². The standard InChI is InChI=1S/C14H19BrN2/c1-11-4-5-12(15)9-14(11)17-8-7-16-6-2-3-13(16)10-17/h4-5,9,13H,2-3,6-8,10H2,1H3. The molecular weight excluding hydrogens is 276 g/mol. The third-order valence-corrected chi connectivity index (χ3v) is 4.59. The maximum atomic E-state index is 3.58. The molecule has 0 saturated carbocycles. The molecule has 3 rings (SSSR count). The van der Waals surface area contributed by atoms with Crippen molar-refractivity contribution in [3.63, 3.8) is 0 Å². The van der Waals surface area contributed by atoms with Gasteiger partial charge in [0.15, 0.2) is 0 Å². The number of anilines is 1. The second kappa shape index (κ2) is 4.62. The van der Waals surface area contributed by atoms with E-state index in [0.717, 1.165) is 6.04 Å². The van der Waals surface area contributed by atoms with Crippen molar-refractivity contribution < 1.29 is 0 Å². The largest absolute Gasteiger partial charge is 0.368 e. The van der Waals surface area contributed by atoms with E-state index in [-0.39, 0.29) is 0 Å². The molecule has 0 bridgehead atoms. The van der Waals surface area contributed by atoms with Crippen LogP contribution in [0.4, 0.5) is 5.69 Å². The first-order valence-corrected chi connectivity index (χ1v) is 7.28. The maximum absolute atomic E-state index is 3.58. The molecule has 3 heteroatoms. The molecule has 2 heterocycles. The van der Waals surface area contributed by atoms with E-state index in [9.17, 15) is 0 Å². The summed E-state index contributed by atoms with van der Waals surface area (Å²) in [6.07, 6.45) is 2.76. The fraction of sp³-hybridized carbons (Fsp3) is 0.571. The Morgan fingerprint density at radius 1 is 1.24 bits per heavy atom. The minimum absolute atomic E-state index is 0.794. The first-order chi connectivity index (χ1) is 8.24. The molecule has 1 atom stereocenters. The number of hydrogen-bond acceptors (Lipinski definition) is 2. The SMILES string of the molecule is Cc1ccc(Br)cc1N1CCN2CCCC2C1. The van der Waals surface area contributed by atoms with E-state index in [1.807, 2.05) is 0 Å². The molecule has 2 saturated heterocycles. The lowest BCUT2D eigenvalue weighted by Gasteiger charge is -2.39. The van der Waals surface area contributed by atoms with E-state index in [1.54, 1.807) is 0 Å². The van der Waals surface area contributed by atoms with E-state index in [0.29, 0.717) is 0 Å². The number of rotatable bonds is 1. The van der Waals surface area contributed by atoms with Gasteiger partial charge in [-0.25, -0.2) is 0 Å². The van der Waals surface area contributed by atoms with Gasteiger partial charge in [-0.15, -0.1) is 0 Å². The Bertz CT molecular complexity index is 419. The average Bonchev–Trinajstić information content (AvgIpc) is 2.79. The minimum Gasteiger partial charge on any atom is -0.368 e. The zero-order valence-electron chi connectivity index (χ0n) is 10.3. The minimum atomic E-state index is 0.794. The Kier molecular flexibility index (Phi) is 3.14. The summed E-state index contributed by atoms with van der Waals surface area (Å²) in [4.78, 5) is 5.22. The van der Waals surface area contributed by atoms with Crippen molar-refractivity contribution in [2.45, 2.75) is 25.8 Å². The lowest BCUT2D eigenvalue weighted by molar-refractivity contribution is 0.231. The summed E-state index contributed by atoms with van der Waals surface area (Å²) in [7, 11) is 0. The normalized spacial score (nSPS) is 25.1. The molecular formula is C14H19BrN2. The molecule has 1 aromatic rings. The van der Waals surface area contributed by atoms with Crippen LogP contribution in [0.15, 0.2) is 22.7 Å². The number of aryl methyl sites for hydroxylation is 1. The summed E-state index contributed by atoms with van der Waals surface area (Å²) in [5, 5.41) is 0. The van der Waals surface area contributed by atoms with Crippen LogP contribution in [0.3, 0.4) is 0 Å². The molecule has 0 radical (unpaired) electrons. The maximum Gasteiger partial charge on any atom is 0.0408 e. The summed E-state index contributed by atoms with van der Waals surface area (Å²) in [6, 6.07) is 7.40. The average molecular weight is 295 g/mol. The lowest BCUT2D eigenvalue weighted by atomic mass is 10.1. The zero-order chi connectivity index (χ0) is 11.8. The van der Waals surface area contributed by atoms with Gasteiger partial charge in [-0.2, -0.15) is 0 Å². The molecule has 92 valence electrons. The molecule has 2 nitrogen and oxygen atoms in total. The van der Waals surface area contributed by atoms with Gasteiger partial charge in [0.2, 0.25) is 0 Å². The Morgan fingerprint density at radius 2 is 2.12 bits per heavy atom. The van der Waals surface area contributed by atoms with Gasteiger partial charge in [0.05, 0.1) is 0 Å². The van der Waals surface area contributed by atoms with E-state index >= 15 is 0 Å². The summed E-state index contributed by atoms with van der Waals surface area (Å²) in [5.41, 5.74) is 2.80. The summed E-state index contributed by atoms with van der Waals surface area (Å²) >= 11 is 3.58. The van der Waals surface area contributed by atoms with Crippen LogP contribution in [0.5, 0.6) is 0 Å². The Balaban J connectivity index is 1.82. The van der Waals surface area contributed by atoms with Gasteiger partial charge in [0, 0.05) is 35.8 Å². The van der Waals surface area contributed by atoms with Gasteiger partial charge in [-0.05, 0) is 44.0 Å². The fourth-order valence-electron chi connectivity index (χ4n) is 3.13. The molecule has 17 heavy (non-hydrogen) atoms.